The number of nitrogens with zero attached hydrogens (tertiary/aromatic N) is 1. The van der Waals surface area contributed by atoms with E-state index in [1.807, 2.05) is 6.92 Å². The summed E-state index contributed by atoms with van der Waals surface area (Å²) in [4.78, 5) is 27.1. The molecule has 0 saturated heterocycles. The molecule has 0 aromatic carbocycles. The number of pyridine rings is 1. The van der Waals surface area contributed by atoms with Gasteiger partial charge in [0.25, 0.3) is 5.91 Å². The molecule has 0 bridgehead atoms. The van der Waals surface area contributed by atoms with Crippen LogP contribution in [0.2, 0.25) is 0 Å². The number of aliphatic carboxylic acids is 1. The van der Waals surface area contributed by atoms with E-state index in [0.717, 1.165) is 18.9 Å². The Bertz CT molecular complexity index is 535. The molecule has 2 N–H and O–H groups in total. The van der Waals surface area contributed by atoms with Crippen molar-refractivity contribution in [1.29, 1.82) is 0 Å². The average molecular weight is 280 g/mol. The number of amides is 1. The first kappa shape index (κ1) is 14.4. The summed E-state index contributed by atoms with van der Waals surface area (Å²) >= 11 is 0. The zero-order chi connectivity index (χ0) is 14.8. The van der Waals surface area contributed by atoms with Gasteiger partial charge in [0.2, 0.25) is 5.95 Å². The van der Waals surface area contributed by atoms with Crippen molar-refractivity contribution in [2.45, 2.75) is 38.1 Å². The minimum atomic E-state index is -1.28. The maximum absolute atomic E-state index is 13.0. The van der Waals surface area contributed by atoms with Gasteiger partial charge in [-0.05, 0) is 30.9 Å². The predicted octanol–water partition coefficient (Wildman–Crippen LogP) is 1.98. The van der Waals surface area contributed by atoms with Crippen molar-refractivity contribution in [2.24, 2.45) is 5.92 Å². The Kier molecular flexibility index (Phi) is 4.01. The minimum Gasteiger partial charge on any atom is -0.480 e. The standard InChI is InChI=1S/C14H17FN2O3/c1-9-4-3-7-14(8-9,13(19)20)17-12(18)10-5-2-6-11(15)16-10/h2,5-6,9H,3-4,7-8H2,1H3,(H,17,18)(H,19,20). The van der Waals surface area contributed by atoms with Crippen LogP contribution >= 0.6 is 0 Å². The zero-order valence-corrected chi connectivity index (χ0v) is 11.2. The van der Waals surface area contributed by atoms with Crippen LogP contribution < -0.4 is 5.32 Å². The van der Waals surface area contributed by atoms with Gasteiger partial charge in [-0.1, -0.05) is 25.8 Å². The number of hydrogen-bond acceptors (Lipinski definition) is 3. The minimum absolute atomic E-state index is 0.108. The van der Waals surface area contributed by atoms with Crippen LogP contribution in [-0.4, -0.2) is 27.5 Å². The number of nitrogens with one attached hydrogen (secondary N) is 1. The molecule has 1 aromatic heterocycles. The lowest BCUT2D eigenvalue weighted by Crippen LogP contribution is -2.56. The Labute approximate surface area is 116 Å². The number of carboxylic acid groups (broad SMARTS) is 1. The van der Waals surface area contributed by atoms with Gasteiger partial charge in [-0.25, -0.2) is 9.78 Å². The molecule has 1 aliphatic rings. The average Bonchev–Trinajstić information content (AvgIpc) is 2.38. The summed E-state index contributed by atoms with van der Waals surface area (Å²) in [6, 6.07) is 3.86. The molecule has 5 nitrogen and oxygen atoms in total. The highest BCUT2D eigenvalue weighted by Gasteiger charge is 2.43. The summed E-state index contributed by atoms with van der Waals surface area (Å²) in [5.41, 5.74) is -1.38. The Morgan fingerprint density at radius 2 is 2.25 bits per heavy atom. The van der Waals surface area contributed by atoms with Crippen LogP contribution in [0.1, 0.15) is 43.1 Å². The smallest absolute Gasteiger partial charge is 0.329 e. The molecule has 1 aromatic rings. The highest BCUT2D eigenvalue weighted by Crippen LogP contribution is 2.32. The molecule has 1 amide bonds. The van der Waals surface area contributed by atoms with Crippen LogP contribution in [-0.2, 0) is 4.79 Å². The topological polar surface area (TPSA) is 79.3 Å². The number of carbonyl (C=O) groups is 2. The Morgan fingerprint density at radius 3 is 2.85 bits per heavy atom. The van der Waals surface area contributed by atoms with Gasteiger partial charge < -0.3 is 10.4 Å². The first-order valence-corrected chi connectivity index (χ1v) is 6.61. The molecule has 0 radical (unpaired) electrons. The van der Waals surface area contributed by atoms with Crippen LogP contribution in [0.25, 0.3) is 0 Å². The van der Waals surface area contributed by atoms with E-state index < -0.39 is 23.4 Å². The Morgan fingerprint density at radius 1 is 1.50 bits per heavy atom. The SMILES string of the molecule is CC1CCCC(NC(=O)c2cccc(F)n2)(C(=O)O)C1. The zero-order valence-electron chi connectivity index (χ0n) is 11.2. The number of carboxylic acids is 1. The number of hydrogen-bond donors (Lipinski definition) is 2. The Balaban J connectivity index is 2.20. The van der Waals surface area contributed by atoms with Gasteiger partial charge >= 0.3 is 5.97 Å². The highest BCUT2D eigenvalue weighted by atomic mass is 19.1. The van der Waals surface area contributed by atoms with Gasteiger partial charge in [0.05, 0.1) is 0 Å². The molecular weight excluding hydrogens is 263 g/mol. The number of aromatic nitrogens is 1. The van der Waals surface area contributed by atoms with Gasteiger partial charge in [0.15, 0.2) is 0 Å². The summed E-state index contributed by atoms with van der Waals surface area (Å²) < 4.78 is 13.0. The lowest BCUT2D eigenvalue weighted by atomic mass is 9.76. The Hall–Kier alpha value is -1.98. The second kappa shape index (κ2) is 5.56. The molecule has 1 fully saturated rings. The molecular formula is C14H17FN2O3. The molecule has 0 spiro atoms. The van der Waals surface area contributed by atoms with Crippen molar-refractivity contribution in [1.82, 2.24) is 10.3 Å². The summed E-state index contributed by atoms with van der Waals surface area (Å²) in [5.74, 6) is -2.24. The normalized spacial score (nSPS) is 26.0. The predicted molar refractivity (Wildman–Crippen MR) is 69.7 cm³/mol. The first-order chi connectivity index (χ1) is 9.43. The summed E-state index contributed by atoms with van der Waals surface area (Å²) in [7, 11) is 0. The first-order valence-electron chi connectivity index (χ1n) is 6.61. The molecule has 1 heterocycles. The van der Waals surface area contributed by atoms with Crippen molar-refractivity contribution < 1.29 is 19.1 Å². The van der Waals surface area contributed by atoms with E-state index in [1.165, 1.54) is 12.1 Å². The fraction of sp³-hybridized carbons (Fsp3) is 0.500. The number of halogens is 1. The monoisotopic (exact) mass is 280 g/mol. The molecule has 20 heavy (non-hydrogen) atoms. The van der Waals surface area contributed by atoms with E-state index in [1.54, 1.807) is 0 Å². The van der Waals surface area contributed by atoms with Gasteiger partial charge in [0.1, 0.15) is 11.2 Å². The maximum atomic E-state index is 13.0. The second-order valence-electron chi connectivity index (χ2n) is 5.39. The summed E-state index contributed by atoms with van der Waals surface area (Å²) in [6.07, 6.45) is 2.45. The molecule has 2 unspecified atom stereocenters. The quantitative estimate of drug-likeness (QED) is 0.830. The van der Waals surface area contributed by atoms with Crippen LogP contribution in [0, 0.1) is 11.9 Å². The van der Waals surface area contributed by atoms with E-state index in [9.17, 15) is 19.1 Å². The third kappa shape index (κ3) is 2.95. The summed E-state index contributed by atoms with van der Waals surface area (Å²) in [6.45, 7) is 1.96. The van der Waals surface area contributed by atoms with E-state index in [-0.39, 0.29) is 11.6 Å². The maximum Gasteiger partial charge on any atom is 0.329 e. The fourth-order valence-electron chi connectivity index (χ4n) is 2.73. The van der Waals surface area contributed by atoms with Crippen LogP contribution in [0.15, 0.2) is 18.2 Å². The number of rotatable bonds is 3. The molecule has 6 heteroatoms. The van der Waals surface area contributed by atoms with Gasteiger partial charge in [-0.3, -0.25) is 4.79 Å². The molecule has 0 aliphatic heterocycles. The van der Waals surface area contributed by atoms with Gasteiger partial charge in [0, 0.05) is 0 Å². The van der Waals surface area contributed by atoms with E-state index in [2.05, 4.69) is 10.3 Å². The third-order valence-electron chi connectivity index (χ3n) is 3.71. The van der Waals surface area contributed by atoms with Crippen LogP contribution in [0.3, 0.4) is 0 Å². The van der Waals surface area contributed by atoms with Crippen molar-refractivity contribution in [3.05, 3.63) is 29.8 Å². The molecule has 2 atom stereocenters. The van der Waals surface area contributed by atoms with Gasteiger partial charge in [-0.15, -0.1) is 0 Å². The third-order valence-corrected chi connectivity index (χ3v) is 3.71. The van der Waals surface area contributed by atoms with Crippen LogP contribution in [0.5, 0.6) is 0 Å². The second-order valence-corrected chi connectivity index (χ2v) is 5.39. The van der Waals surface area contributed by atoms with E-state index >= 15 is 0 Å². The van der Waals surface area contributed by atoms with E-state index in [0.29, 0.717) is 12.8 Å². The van der Waals surface area contributed by atoms with E-state index in [4.69, 9.17) is 0 Å². The molecule has 1 aliphatic carbocycles. The highest BCUT2D eigenvalue weighted by molar-refractivity contribution is 5.96. The summed E-state index contributed by atoms with van der Waals surface area (Å²) in [5, 5.41) is 12.0. The van der Waals surface area contributed by atoms with Crippen molar-refractivity contribution >= 4 is 11.9 Å². The molecule has 2 rings (SSSR count). The number of carbonyl (C=O) groups excluding carboxylic acids is 1. The molecule has 108 valence electrons. The van der Waals surface area contributed by atoms with Crippen molar-refractivity contribution in [2.75, 3.05) is 0 Å². The lowest BCUT2D eigenvalue weighted by molar-refractivity contribution is -0.146. The van der Waals surface area contributed by atoms with Crippen LogP contribution in [0.4, 0.5) is 4.39 Å². The van der Waals surface area contributed by atoms with Crippen molar-refractivity contribution in [3.8, 4) is 0 Å². The van der Waals surface area contributed by atoms with Gasteiger partial charge in [-0.2, -0.15) is 4.39 Å². The largest absolute Gasteiger partial charge is 0.480 e. The van der Waals surface area contributed by atoms with Crippen molar-refractivity contribution in [3.63, 3.8) is 0 Å². The fourth-order valence-corrected chi connectivity index (χ4v) is 2.73. The molecule has 1 saturated carbocycles. The lowest BCUT2D eigenvalue weighted by Gasteiger charge is -2.36.